The summed E-state index contributed by atoms with van der Waals surface area (Å²) < 4.78 is 24.5. The summed E-state index contributed by atoms with van der Waals surface area (Å²) in [6.45, 7) is 0. The first-order valence-electron chi connectivity index (χ1n) is 4.48. The quantitative estimate of drug-likeness (QED) is 0.648. The molecule has 0 nitrogen and oxygen atoms in total. The van der Waals surface area contributed by atoms with E-state index in [0.717, 1.165) is 0 Å². The van der Waals surface area contributed by atoms with Gasteiger partial charge in [0.2, 0.25) is 0 Å². The van der Waals surface area contributed by atoms with Gasteiger partial charge in [0.1, 0.15) is 11.6 Å². The minimum atomic E-state index is -0.268. The van der Waals surface area contributed by atoms with Crippen LogP contribution in [0.2, 0.25) is 0 Å². The third-order valence-corrected chi connectivity index (χ3v) is 2.43. The average molecular weight is 256 g/mol. The standard InChI is InChI=1S/2C6H5FS/c2*7-5-3-1-2-4-6(5)8/h2*1-4,8H. The Labute approximate surface area is 104 Å². The molecule has 0 fully saturated rings. The fourth-order valence-electron chi connectivity index (χ4n) is 0.903. The van der Waals surface area contributed by atoms with Crippen LogP contribution in [0.3, 0.4) is 0 Å². The lowest BCUT2D eigenvalue weighted by atomic mass is 10.4. The fourth-order valence-corrected chi connectivity index (χ4v) is 1.22. The lowest BCUT2D eigenvalue weighted by molar-refractivity contribution is 0.602. The summed E-state index contributed by atoms with van der Waals surface area (Å²) in [5, 5.41) is 0. The highest BCUT2D eigenvalue weighted by molar-refractivity contribution is 7.80. The number of thiol groups is 2. The van der Waals surface area contributed by atoms with Crippen molar-refractivity contribution >= 4 is 25.3 Å². The van der Waals surface area contributed by atoms with Gasteiger partial charge >= 0.3 is 0 Å². The first kappa shape index (κ1) is 13.1. The van der Waals surface area contributed by atoms with Crippen molar-refractivity contribution in [3.05, 3.63) is 60.2 Å². The van der Waals surface area contributed by atoms with E-state index in [2.05, 4.69) is 25.3 Å². The van der Waals surface area contributed by atoms with Crippen LogP contribution in [0.15, 0.2) is 58.3 Å². The Morgan fingerprint density at radius 2 is 0.938 bits per heavy atom. The Kier molecular flexibility index (Phi) is 5.35. The average Bonchev–Trinajstić information content (AvgIpc) is 2.28. The minimum Gasteiger partial charge on any atom is -0.206 e. The van der Waals surface area contributed by atoms with Gasteiger partial charge in [0.25, 0.3) is 0 Å². The Morgan fingerprint density at radius 1 is 0.625 bits per heavy atom. The molecule has 0 saturated carbocycles. The van der Waals surface area contributed by atoms with Gasteiger partial charge in [-0.2, -0.15) is 0 Å². The van der Waals surface area contributed by atoms with Crippen molar-refractivity contribution in [3.63, 3.8) is 0 Å². The molecule has 0 aromatic heterocycles. The van der Waals surface area contributed by atoms with Gasteiger partial charge in [-0.1, -0.05) is 24.3 Å². The number of hydrogen-bond acceptors (Lipinski definition) is 2. The fraction of sp³-hybridized carbons (Fsp3) is 0. The molecule has 0 atom stereocenters. The SMILES string of the molecule is Fc1ccccc1S.Fc1ccccc1S. The normalized spacial score (nSPS) is 9.25. The van der Waals surface area contributed by atoms with E-state index in [4.69, 9.17) is 0 Å². The summed E-state index contributed by atoms with van der Waals surface area (Å²) in [6.07, 6.45) is 0. The van der Waals surface area contributed by atoms with Crippen LogP contribution < -0.4 is 0 Å². The summed E-state index contributed by atoms with van der Waals surface area (Å²) in [7, 11) is 0. The van der Waals surface area contributed by atoms with E-state index in [0.29, 0.717) is 9.79 Å². The third-order valence-electron chi connectivity index (χ3n) is 1.70. The van der Waals surface area contributed by atoms with Gasteiger partial charge in [-0.25, -0.2) is 8.78 Å². The molecule has 0 radical (unpaired) electrons. The molecule has 2 aromatic carbocycles. The highest BCUT2D eigenvalue weighted by atomic mass is 32.1. The van der Waals surface area contributed by atoms with E-state index in [1.807, 2.05) is 0 Å². The summed E-state index contributed by atoms with van der Waals surface area (Å²) in [4.78, 5) is 0.792. The van der Waals surface area contributed by atoms with Crippen LogP contribution in [0, 0.1) is 11.6 Å². The molecular formula is C12H10F2S2. The summed E-state index contributed by atoms with van der Waals surface area (Å²) in [5.74, 6) is -0.535. The molecule has 0 spiro atoms. The van der Waals surface area contributed by atoms with Crippen molar-refractivity contribution in [1.82, 2.24) is 0 Å². The molecule has 0 unspecified atom stereocenters. The molecule has 0 aliphatic carbocycles. The zero-order valence-electron chi connectivity index (χ0n) is 8.27. The topological polar surface area (TPSA) is 0 Å². The number of hydrogen-bond donors (Lipinski definition) is 2. The molecule has 0 N–H and O–H groups in total. The third kappa shape index (κ3) is 4.24. The van der Waals surface area contributed by atoms with Gasteiger partial charge in [0.15, 0.2) is 0 Å². The molecule has 0 saturated heterocycles. The van der Waals surface area contributed by atoms with Crippen LogP contribution in [0.25, 0.3) is 0 Å². The van der Waals surface area contributed by atoms with Crippen molar-refractivity contribution in [1.29, 1.82) is 0 Å². The maximum atomic E-state index is 12.2. The van der Waals surface area contributed by atoms with Crippen LogP contribution in [-0.4, -0.2) is 0 Å². The minimum absolute atomic E-state index is 0.268. The van der Waals surface area contributed by atoms with E-state index < -0.39 is 0 Å². The highest BCUT2D eigenvalue weighted by Crippen LogP contribution is 2.09. The second-order valence-electron chi connectivity index (χ2n) is 2.90. The van der Waals surface area contributed by atoms with E-state index in [9.17, 15) is 8.78 Å². The molecule has 4 heteroatoms. The second kappa shape index (κ2) is 6.55. The summed E-state index contributed by atoms with van der Waals surface area (Å²) >= 11 is 7.65. The lowest BCUT2D eigenvalue weighted by Gasteiger charge is -1.88. The van der Waals surface area contributed by atoms with Crippen molar-refractivity contribution < 1.29 is 8.78 Å². The smallest absolute Gasteiger partial charge is 0.136 e. The molecule has 2 rings (SSSR count). The van der Waals surface area contributed by atoms with Crippen LogP contribution >= 0.6 is 25.3 Å². The first-order valence-corrected chi connectivity index (χ1v) is 5.37. The molecule has 0 aliphatic rings. The zero-order chi connectivity index (χ0) is 12.0. The van der Waals surface area contributed by atoms with Crippen molar-refractivity contribution in [2.75, 3.05) is 0 Å². The molecule has 0 amide bonds. The monoisotopic (exact) mass is 256 g/mol. The Balaban J connectivity index is 0.000000160. The van der Waals surface area contributed by atoms with Gasteiger partial charge in [-0.05, 0) is 24.3 Å². The van der Waals surface area contributed by atoms with E-state index in [1.165, 1.54) is 12.1 Å². The Hall–Kier alpha value is -1.00. The number of benzene rings is 2. The van der Waals surface area contributed by atoms with Gasteiger partial charge < -0.3 is 0 Å². The molecule has 2 aromatic rings. The Morgan fingerprint density at radius 3 is 1.12 bits per heavy atom. The van der Waals surface area contributed by atoms with Gasteiger partial charge in [0.05, 0.1) is 0 Å². The van der Waals surface area contributed by atoms with Crippen molar-refractivity contribution in [2.45, 2.75) is 9.79 Å². The van der Waals surface area contributed by atoms with Gasteiger partial charge in [-0.3, -0.25) is 0 Å². The zero-order valence-corrected chi connectivity index (χ0v) is 10.1. The van der Waals surface area contributed by atoms with Crippen LogP contribution in [0.4, 0.5) is 8.78 Å². The molecule has 0 heterocycles. The van der Waals surface area contributed by atoms with E-state index in [-0.39, 0.29) is 11.6 Å². The molecule has 0 bridgehead atoms. The molecule has 16 heavy (non-hydrogen) atoms. The van der Waals surface area contributed by atoms with E-state index >= 15 is 0 Å². The summed E-state index contributed by atoms with van der Waals surface area (Å²) in [5.41, 5.74) is 0. The second-order valence-corrected chi connectivity index (χ2v) is 3.87. The first-order chi connectivity index (χ1) is 7.61. The summed E-state index contributed by atoms with van der Waals surface area (Å²) in [6, 6.07) is 12.7. The van der Waals surface area contributed by atoms with Crippen LogP contribution in [-0.2, 0) is 0 Å². The highest BCUT2D eigenvalue weighted by Gasteiger charge is 1.90. The van der Waals surface area contributed by atoms with Crippen molar-refractivity contribution in [3.8, 4) is 0 Å². The largest absolute Gasteiger partial charge is 0.206 e. The maximum Gasteiger partial charge on any atom is 0.136 e. The predicted octanol–water partition coefficient (Wildman–Crippen LogP) is 4.23. The van der Waals surface area contributed by atoms with Gasteiger partial charge in [0, 0.05) is 9.79 Å². The van der Waals surface area contributed by atoms with Crippen LogP contribution in [0.5, 0.6) is 0 Å². The number of halogens is 2. The van der Waals surface area contributed by atoms with Crippen LogP contribution in [0.1, 0.15) is 0 Å². The Bertz CT molecular complexity index is 373. The van der Waals surface area contributed by atoms with Gasteiger partial charge in [-0.15, -0.1) is 25.3 Å². The molecule has 0 aliphatic heterocycles. The maximum absolute atomic E-state index is 12.2. The van der Waals surface area contributed by atoms with E-state index in [1.54, 1.807) is 36.4 Å². The molecular weight excluding hydrogens is 246 g/mol. The lowest BCUT2D eigenvalue weighted by Crippen LogP contribution is -1.71. The van der Waals surface area contributed by atoms with Crippen molar-refractivity contribution in [2.24, 2.45) is 0 Å². The molecule has 84 valence electrons. The number of rotatable bonds is 0. The predicted molar refractivity (Wildman–Crippen MR) is 67.3 cm³/mol.